The van der Waals surface area contributed by atoms with Crippen LogP contribution in [0.5, 0.6) is 5.75 Å². The molecule has 0 aromatic carbocycles. The normalized spacial score (nSPS) is 14.8. The first-order valence-corrected chi connectivity index (χ1v) is 14.4. The molecule has 240 valence electrons. The van der Waals surface area contributed by atoms with Gasteiger partial charge in [-0.3, -0.25) is 4.98 Å². The molecule has 15 heteroatoms. The predicted octanol–water partition coefficient (Wildman–Crippen LogP) is 4.87. The Morgan fingerprint density at radius 2 is 1.64 bits per heavy atom. The number of halogens is 1. The molecule has 44 heavy (non-hydrogen) atoms. The van der Waals surface area contributed by atoms with Crippen LogP contribution >= 0.6 is 11.6 Å². The third-order valence-corrected chi connectivity index (χ3v) is 6.10. The van der Waals surface area contributed by atoms with E-state index in [2.05, 4.69) is 15.0 Å². The summed E-state index contributed by atoms with van der Waals surface area (Å²) in [6.45, 7) is 14.2. The zero-order chi connectivity index (χ0) is 32.4. The molecule has 3 aromatic heterocycles. The van der Waals surface area contributed by atoms with Crippen molar-refractivity contribution < 1.29 is 42.2 Å². The fourth-order valence-electron chi connectivity index (χ4n) is 4.01. The van der Waals surface area contributed by atoms with Crippen LogP contribution < -0.4 is 9.64 Å². The minimum Gasteiger partial charge on any atom is -0.490 e. The molecule has 0 bridgehead atoms. The van der Waals surface area contributed by atoms with Gasteiger partial charge in [0.05, 0.1) is 36.8 Å². The Morgan fingerprint density at radius 1 is 1.00 bits per heavy atom. The maximum atomic E-state index is 12.6. The van der Waals surface area contributed by atoms with Crippen molar-refractivity contribution in [3.05, 3.63) is 52.8 Å². The van der Waals surface area contributed by atoms with Gasteiger partial charge in [-0.25, -0.2) is 19.4 Å². The number of anilines is 1. The number of aromatic nitrogens is 3. The van der Waals surface area contributed by atoms with Crippen molar-refractivity contribution in [2.75, 3.05) is 44.4 Å². The number of ether oxygens (including phenoxy) is 4. The van der Waals surface area contributed by atoms with Crippen LogP contribution in [0, 0.1) is 13.8 Å². The average Bonchev–Trinajstić information content (AvgIpc) is 3.52. The molecule has 14 nitrogen and oxygen atoms in total. The molecule has 4 heterocycles. The van der Waals surface area contributed by atoms with E-state index in [1.807, 2.05) is 25.7 Å². The van der Waals surface area contributed by atoms with Gasteiger partial charge in [-0.05, 0) is 72.2 Å². The number of pyridine rings is 1. The van der Waals surface area contributed by atoms with Crippen molar-refractivity contribution in [3.8, 4) is 5.75 Å². The van der Waals surface area contributed by atoms with Gasteiger partial charge in [-0.1, -0.05) is 0 Å². The monoisotopic (exact) mass is 635 g/mol. The van der Waals surface area contributed by atoms with E-state index >= 15 is 0 Å². The molecule has 1 atom stereocenters. The minimum absolute atomic E-state index is 0.0458. The number of hydrogen-bond donors (Lipinski definition) is 0. The molecule has 1 aliphatic rings. The van der Waals surface area contributed by atoms with Crippen LogP contribution in [-0.2, 0) is 14.2 Å². The van der Waals surface area contributed by atoms with E-state index in [-0.39, 0.29) is 48.2 Å². The molecular formula is C29H38ClN5O9. The van der Waals surface area contributed by atoms with E-state index in [0.29, 0.717) is 43.4 Å². The Hall–Kier alpha value is -4.33. The summed E-state index contributed by atoms with van der Waals surface area (Å²) in [5.74, 6) is -0.337. The fourth-order valence-corrected chi connectivity index (χ4v) is 4.21. The summed E-state index contributed by atoms with van der Waals surface area (Å²) in [6, 6.07) is 3.59. The lowest BCUT2D eigenvalue weighted by atomic mass is 10.2. The highest BCUT2D eigenvalue weighted by Gasteiger charge is 2.35. The molecule has 0 aliphatic carbocycles. The Bertz CT molecular complexity index is 1400. The van der Waals surface area contributed by atoms with Crippen LogP contribution in [-0.4, -0.2) is 89.0 Å². The first kappa shape index (κ1) is 34.2. The van der Waals surface area contributed by atoms with E-state index in [1.165, 1.54) is 0 Å². The highest BCUT2D eigenvalue weighted by atomic mass is 35.5. The Morgan fingerprint density at radius 3 is 2.18 bits per heavy atom. The minimum atomic E-state index is -0.593. The summed E-state index contributed by atoms with van der Waals surface area (Å²) in [6.07, 6.45) is 2.89. The van der Waals surface area contributed by atoms with Gasteiger partial charge in [-0.2, -0.15) is 4.98 Å². The van der Waals surface area contributed by atoms with E-state index in [0.717, 1.165) is 0 Å². The standard InChI is InChI=1S/C22H30N4O6.C7H8ClNO3/c1-6-29-19(27)18-15(2)24-20(31-18)26-11-10-25(21(28)32-22(3,4)5)13-16(26)14-30-17-8-7-9-23-12-17;1-3-11-6(10)5-4(2)9-7(8)12-5/h7-9,12,16H,6,10-11,13-14H2,1-5H3;3H2,1-2H3. The quantitative estimate of drug-likeness (QED) is 0.244. The van der Waals surface area contributed by atoms with Gasteiger partial charge in [0.25, 0.3) is 11.4 Å². The highest BCUT2D eigenvalue weighted by Crippen LogP contribution is 2.25. The van der Waals surface area contributed by atoms with Crippen molar-refractivity contribution in [2.45, 2.75) is 60.1 Å². The number of hydrogen-bond acceptors (Lipinski definition) is 13. The molecule has 3 aromatic rings. The summed E-state index contributed by atoms with van der Waals surface area (Å²) in [7, 11) is 0. The third kappa shape index (κ3) is 9.59. The van der Waals surface area contributed by atoms with Crippen LogP contribution in [0.15, 0.2) is 33.4 Å². The maximum Gasteiger partial charge on any atom is 0.410 e. The van der Waals surface area contributed by atoms with Crippen molar-refractivity contribution in [1.82, 2.24) is 19.9 Å². The average molecular weight is 636 g/mol. The lowest BCUT2D eigenvalue weighted by Crippen LogP contribution is -2.57. The van der Waals surface area contributed by atoms with Gasteiger partial charge >= 0.3 is 18.0 Å². The SMILES string of the molecule is CCOC(=O)c1oc(Cl)nc1C.CCOC(=O)c1oc(N2CCN(C(=O)OC(C)(C)C)CC2COc2cccnc2)nc1C. The van der Waals surface area contributed by atoms with Crippen LogP contribution in [0.3, 0.4) is 0 Å². The predicted molar refractivity (Wildman–Crippen MR) is 158 cm³/mol. The van der Waals surface area contributed by atoms with Crippen molar-refractivity contribution >= 4 is 35.6 Å². The summed E-state index contributed by atoms with van der Waals surface area (Å²) in [5, 5.41) is -0.0458. The molecule has 0 saturated carbocycles. The lowest BCUT2D eigenvalue weighted by Gasteiger charge is -2.40. The zero-order valence-electron chi connectivity index (χ0n) is 25.9. The smallest absolute Gasteiger partial charge is 0.410 e. The number of aryl methyl sites for hydroxylation is 2. The second-order valence-electron chi connectivity index (χ2n) is 10.5. The number of carbonyl (C=O) groups excluding carboxylic acids is 3. The largest absolute Gasteiger partial charge is 0.490 e. The van der Waals surface area contributed by atoms with Gasteiger partial charge in [0.15, 0.2) is 0 Å². The molecule has 1 aliphatic heterocycles. The number of esters is 2. The topological polar surface area (TPSA) is 160 Å². The fraction of sp³-hybridized carbons (Fsp3) is 0.517. The molecule has 1 amide bonds. The zero-order valence-corrected chi connectivity index (χ0v) is 26.7. The van der Waals surface area contributed by atoms with Crippen LogP contribution in [0.1, 0.15) is 67.1 Å². The molecular weight excluding hydrogens is 598 g/mol. The second-order valence-corrected chi connectivity index (χ2v) is 10.8. The Kier molecular flexibility index (Phi) is 12.0. The molecule has 0 spiro atoms. The summed E-state index contributed by atoms with van der Waals surface area (Å²) >= 11 is 5.42. The van der Waals surface area contributed by atoms with E-state index in [9.17, 15) is 14.4 Å². The first-order valence-electron chi connectivity index (χ1n) is 14.0. The summed E-state index contributed by atoms with van der Waals surface area (Å²) < 4.78 is 31.7. The van der Waals surface area contributed by atoms with Gasteiger partial charge in [0.2, 0.25) is 11.5 Å². The van der Waals surface area contributed by atoms with Crippen LogP contribution in [0.4, 0.5) is 10.8 Å². The number of oxazole rings is 2. The summed E-state index contributed by atoms with van der Waals surface area (Å²) in [4.78, 5) is 51.6. The maximum absolute atomic E-state index is 12.6. The number of piperazine rings is 1. The van der Waals surface area contributed by atoms with Crippen molar-refractivity contribution in [1.29, 1.82) is 0 Å². The number of rotatable bonds is 8. The van der Waals surface area contributed by atoms with E-state index in [1.54, 1.807) is 57.1 Å². The molecule has 0 N–H and O–H groups in total. The third-order valence-electron chi connectivity index (χ3n) is 5.93. The van der Waals surface area contributed by atoms with Crippen molar-refractivity contribution in [2.24, 2.45) is 0 Å². The highest BCUT2D eigenvalue weighted by molar-refractivity contribution is 6.27. The second kappa shape index (κ2) is 15.4. The van der Waals surface area contributed by atoms with Gasteiger partial charge in [0.1, 0.15) is 18.0 Å². The van der Waals surface area contributed by atoms with Gasteiger partial charge in [-0.15, -0.1) is 0 Å². The first-order chi connectivity index (χ1) is 20.8. The molecule has 1 saturated heterocycles. The lowest BCUT2D eigenvalue weighted by molar-refractivity contribution is 0.0197. The summed E-state index contributed by atoms with van der Waals surface area (Å²) in [5.41, 5.74) is 0.294. The number of carbonyl (C=O) groups is 3. The molecule has 0 radical (unpaired) electrons. The van der Waals surface area contributed by atoms with Gasteiger partial charge < -0.3 is 37.6 Å². The Balaban J connectivity index is 0.000000369. The van der Waals surface area contributed by atoms with E-state index in [4.69, 9.17) is 39.4 Å². The van der Waals surface area contributed by atoms with Crippen LogP contribution in [0.25, 0.3) is 0 Å². The number of nitrogens with zero attached hydrogens (tertiary/aromatic N) is 5. The van der Waals surface area contributed by atoms with Crippen LogP contribution in [0.2, 0.25) is 5.35 Å². The molecule has 1 fully saturated rings. The van der Waals surface area contributed by atoms with E-state index < -0.39 is 17.5 Å². The van der Waals surface area contributed by atoms with Crippen molar-refractivity contribution in [3.63, 3.8) is 0 Å². The number of amides is 1. The molecule has 4 rings (SSSR count). The Labute approximate surface area is 260 Å². The molecule has 1 unspecified atom stereocenters. The van der Waals surface area contributed by atoms with Gasteiger partial charge in [0, 0.05) is 25.8 Å².